The molecule has 88 valence electrons. The lowest BCUT2D eigenvalue weighted by atomic mass is 9.97. The molecule has 0 aliphatic heterocycles. The van der Waals surface area contributed by atoms with Crippen molar-refractivity contribution in [2.24, 2.45) is 5.92 Å². The first-order chi connectivity index (χ1) is 7.54. The van der Waals surface area contributed by atoms with Crippen molar-refractivity contribution < 1.29 is 4.39 Å². The molecular weight excluding hydrogens is 199 g/mol. The lowest BCUT2D eigenvalue weighted by Crippen LogP contribution is -2.00. The molecule has 1 unspecified atom stereocenters. The average Bonchev–Trinajstić information content (AvgIpc) is 2.23. The van der Waals surface area contributed by atoms with Crippen molar-refractivity contribution >= 4 is 0 Å². The summed E-state index contributed by atoms with van der Waals surface area (Å²) < 4.78 is 13.7. The van der Waals surface area contributed by atoms with E-state index >= 15 is 0 Å². The molecule has 1 aromatic rings. The first-order valence-electron chi connectivity index (χ1n) is 5.96. The van der Waals surface area contributed by atoms with Crippen LogP contribution >= 0.6 is 0 Å². The van der Waals surface area contributed by atoms with Gasteiger partial charge in [-0.1, -0.05) is 32.1 Å². The van der Waals surface area contributed by atoms with Gasteiger partial charge in [0.05, 0.1) is 0 Å². The van der Waals surface area contributed by atoms with E-state index in [1.807, 2.05) is 19.9 Å². The number of allylic oxidation sites excluding steroid dienone is 2. The Morgan fingerprint density at radius 2 is 1.88 bits per heavy atom. The number of hydrogen-bond donors (Lipinski definition) is 0. The highest BCUT2D eigenvalue weighted by atomic mass is 19.1. The minimum Gasteiger partial charge on any atom is -0.207 e. The normalized spacial score (nSPS) is 13.3. The second-order valence-electron chi connectivity index (χ2n) is 4.55. The minimum atomic E-state index is -0.0696. The molecule has 0 aliphatic rings. The molecular formula is C15H21F. The maximum Gasteiger partial charge on any atom is 0.126 e. The lowest BCUT2D eigenvalue weighted by molar-refractivity contribution is 0.590. The Kier molecular flexibility index (Phi) is 4.72. The molecule has 1 aromatic carbocycles. The quantitative estimate of drug-likeness (QED) is 0.651. The van der Waals surface area contributed by atoms with E-state index in [0.29, 0.717) is 5.92 Å². The van der Waals surface area contributed by atoms with E-state index in [4.69, 9.17) is 0 Å². The molecule has 0 spiro atoms. The molecule has 0 saturated carbocycles. The topological polar surface area (TPSA) is 0 Å². The van der Waals surface area contributed by atoms with Gasteiger partial charge >= 0.3 is 0 Å². The molecule has 1 atom stereocenters. The summed E-state index contributed by atoms with van der Waals surface area (Å²) >= 11 is 0. The molecule has 0 fully saturated rings. The van der Waals surface area contributed by atoms with E-state index < -0.39 is 0 Å². The van der Waals surface area contributed by atoms with Crippen LogP contribution in [0, 0.1) is 25.6 Å². The molecule has 0 saturated heterocycles. The number of aryl methyl sites for hydroxylation is 2. The standard InChI is InChI=1S/C15H21F/c1-5-6-7-11(2)8-14-9-12(3)13(4)10-15(14)16/h6-7,9-11H,5,8H2,1-4H3/b7-6-. The first kappa shape index (κ1) is 13.0. The molecule has 0 nitrogen and oxygen atoms in total. The number of benzene rings is 1. The molecule has 0 aliphatic carbocycles. The van der Waals surface area contributed by atoms with Crippen molar-refractivity contribution in [2.45, 2.75) is 40.5 Å². The SMILES string of the molecule is CC/C=C\C(C)Cc1cc(C)c(C)cc1F. The Bertz CT molecular complexity index is 377. The van der Waals surface area contributed by atoms with Gasteiger partial charge in [0.25, 0.3) is 0 Å². The van der Waals surface area contributed by atoms with Crippen molar-refractivity contribution in [3.05, 3.63) is 46.8 Å². The average molecular weight is 220 g/mol. The third-order valence-corrected chi connectivity index (χ3v) is 2.90. The zero-order valence-electron chi connectivity index (χ0n) is 10.7. The van der Waals surface area contributed by atoms with E-state index in [9.17, 15) is 4.39 Å². The van der Waals surface area contributed by atoms with Crippen LogP contribution in [-0.2, 0) is 6.42 Å². The van der Waals surface area contributed by atoms with Gasteiger partial charge < -0.3 is 0 Å². The Balaban J connectivity index is 2.81. The third kappa shape index (κ3) is 3.48. The molecule has 0 N–H and O–H groups in total. The van der Waals surface area contributed by atoms with E-state index in [0.717, 1.165) is 24.0 Å². The van der Waals surface area contributed by atoms with Crippen LogP contribution in [0.1, 0.15) is 37.0 Å². The summed E-state index contributed by atoms with van der Waals surface area (Å²) in [7, 11) is 0. The van der Waals surface area contributed by atoms with Gasteiger partial charge in [-0.15, -0.1) is 0 Å². The van der Waals surface area contributed by atoms with Crippen molar-refractivity contribution in [1.29, 1.82) is 0 Å². The predicted molar refractivity (Wildman–Crippen MR) is 68.2 cm³/mol. The monoisotopic (exact) mass is 220 g/mol. The van der Waals surface area contributed by atoms with Crippen molar-refractivity contribution in [3.8, 4) is 0 Å². The van der Waals surface area contributed by atoms with Crippen LogP contribution in [0.25, 0.3) is 0 Å². The fraction of sp³-hybridized carbons (Fsp3) is 0.467. The fourth-order valence-electron chi connectivity index (χ4n) is 1.78. The van der Waals surface area contributed by atoms with Crippen molar-refractivity contribution in [1.82, 2.24) is 0 Å². The van der Waals surface area contributed by atoms with E-state index in [-0.39, 0.29) is 5.82 Å². The Labute approximate surface area is 98.2 Å². The van der Waals surface area contributed by atoms with Crippen molar-refractivity contribution in [2.75, 3.05) is 0 Å². The van der Waals surface area contributed by atoms with Crippen LogP contribution in [0.5, 0.6) is 0 Å². The van der Waals surface area contributed by atoms with Gasteiger partial charge in [-0.2, -0.15) is 0 Å². The highest BCUT2D eigenvalue weighted by molar-refractivity contribution is 5.31. The summed E-state index contributed by atoms with van der Waals surface area (Å²) in [6.45, 7) is 8.22. The minimum absolute atomic E-state index is 0.0696. The molecule has 0 bridgehead atoms. The maximum atomic E-state index is 13.7. The molecule has 1 heteroatoms. The summed E-state index contributed by atoms with van der Waals surface area (Å²) in [5, 5.41) is 0. The van der Waals surface area contributed by atoms with E-state index in [2.05, 4.69) is 26.0 Å². The second kappa shape index (κ2) is 5.83. The van der Waals surface area contributed by atoms with Crippen LogP contribution in [0.3, 0.4) is 0 Å². The van der Waals surface area contributed by atoms with Gasteiger partial charge in [-0.3, -0.25) is 0 Å². The van der Waals surface area contributed by atoms with Crippen LogP contribution in [0.2, 0.25) is 0 Å². The van der Waals surface area contributed by atoms with E-state index in [1.165, 1.54) is 5.56 Å². The maximum absolute atomic E-state index is 13.7. The third-order valence-electron chi connectivity index (χ3n) is 2.90. The molecule has 0 amide bonds. The summed E-state index contributed by atoms with van der Waals surface area (Å²) in [6.07, 6.45) is 6.13. The zero-order valence-corrected chi connectivity index (χ0v) is 10.7. The van der Waals surface area contributed by atoms with Crippen LogP contribution in [-0.4, -0.2) is 0 Å². The Hall–Kier alpha value is -1.11. The Morgan fingerprint density at radius 1 is 1.25 bits per heavy atom. The van der Waals surface area contributed by atoms with Gasteiger partial charge in [-0.25, -0.2) is 4.39 Å². The Morgan fingerprint density at radius 3 is 2.50 bits per heavy atom. The summed E-state index contributed by atoms with van der Waals surface area (Å²) in [6, 6.07) is 3.61. The van der Waals surface area contributed by atoms with E-state index in [1.54, 1.807) is 6.07 Å². The van der Waals surface area contributed by atoms with Gasteiger partial charge in [0.15, 0.2) is 0 Å². The lowest BCUT2D eigenvalue weighted by Gasteiger charge is -2.10. The fourth-order valence-corrected chi connectivity index (χ4v) is 1.78. The van der Waals surface area contributed by atoms with Crippen LogP contribution in [0.15, 0.2) is 24.3 Å². The summed E-state index contributed by atoms with van der Waals surface area (Å²) in [5.74, 6) is 0.330. The van der Waals surface area contributed by atoms with Gasteiger partial charge in [0.2, 0.25) is 0 Å². The smallest absolute Gasteiger partial charge is 0.126 e. The first-order valence-corrected chi connectivity index (χ1v) is 5.96. The molecule has 0 aromatic heterocycles. The van der Waals surface area contributed by atoms with Crippen molar-refractivity contribution in [3.63, 3.8) is 0 Å². The number of hydrogen-bond acceptors (Lipinski definition) is 0. The zero-order chi connectivity index (χ0) is 12.1. The number of halogens is 1. The predicted octanol–water partition coefficient (Wildman–Crippen LogP) is 4.59. The second-order valence-corrected chi connectivity index (χ2v) is 4.55. The highest BCUT2D eigenvalue weighted by Gasteiger charge is 2.07. The molecule has 0 radical (unpaired) electrons. The molecule has 16 heavy (non-hydrogen) atoms. The van der Waals surface area contributed by atoms with Crippen LogP contribution in [0.4, 0.5) is 4.39 Å². The van der Waals surface area contributed by atoms with Crippen LogP contribution < -0.4 is 0 Å². The molecule has 0 heterocycles. The molecule has 1 rings (SSSR count). The van der Waals surface area contributed by atoms with Gasteiger partial charge in [0, 0.05) is 0 Å². The highest BCUT2D eigenvalue weighted by Crippen LogP contribution is 2.18. The largest absolute Gasteiger partial charge is 0.207 e. The van der Waals surface area contributed by atoms with Gasteiger partial charge in [0.1, 0.15) is 5.82 Å². The number of rotatable bonds is 4. The summed E-state index contributed by atoms with van der Waals surface area (Å²) in [4.78, 5) is 0. The van der Waals surface area contributed by atoms with Gasteiger partial charge in [-0.05, 0) is 55.4 Å². The summed E-state index contributed by atoms with van der Waals surface area (Å²) in [5.41, 5.74) is 3.03.